The van der Waals surface area contributed by atoms with E-state index in [1.54, 1.807) is 0 Å². The van der Waals surface area contributed by atoms with Crippen molar-refractivity contribution in [3.8, 4) is 0 Å². The lowest BCUT2D eigenvalue weighted by molar-refractivity contribution is -0.139. The van der Waals surface area contributed by atoms with Crippen LogP contribution < -0.4 is 11.1 Å². The summed E-state index contributed by atoms with van der Waals surface area (Å²) < 4.78 is 51.8. The molecule has 3 unspecified atom stereocenters. The summed E-state index contributed by atoms with van der Waals surface area (Å²) in [6.45, 7) is 0. The van der Waals surface area contributed by atoms with Crippen molar-refractivity contribution in [2.75, 3.05) is 11.1 Å². The van der Waals surface area contributed by atoms with Gasteiger partial charge in [-0.2, -0.15) is 13.2 Å². The van der Waals surface area contributed by atoms with Gasteiger partial charge in [-0.3, -0.25) is 4.79 Å². The molecule has 2 saturated carbocycles. The Bertz CT molecular complexity index is 614. The Morgan fingerprint density at radius 2 is 1.95 bits per heavy atom. The molecule has 120 valence electrons. The van der Waals surface area contributed by atoms with Crippen LogP contribution >= 0.6 is 0 Å². The van der Waals surface area contributed by atoms with Gasteiger partial charge in [0.1, 0.15) is 11.4 Å². The summed E-state index contributed by atoms with van der Waals surface area (Å²) in [4.78, 5) is 12.3. The summed E-state index contributed by atoms with van der Waals surface area (Å²) in [5.74, 6) is -1.11. The Morgan fingerprint density at radius 1 is 1.23 bits per heavy atom. The van der Waals surface area contributed by atoms with Gasteiger partial charge in [0.25, 0.3) is 0 Å². The Morgan fingerprint density at radius 3 is 2.50 bits per heavy atom. The zero-order valence-electron chi connectivity index (χ0n) is 11.7. The van der Waals surface area contributed by atoms with E-state index >= 15 is 0 Å². The first kappa shape index (κ1) is 15.1. The Hall–Kier alpha value is -1.79. The largest absolute Gasteiger partial charge is 0.421 e. The molecule has 2 bridgehead atoms. The van der Waals surface area contributed by atoms with Crippen LogP contribution in [-0.2, 0) is 11.0 Å². The van der Waals surface area contributed by atoms with Crippen LogP contribution in [0.4, 0.5) is 28.9 Å². The molecule has 3 rings (SSSR count). The number of carbonyl (C=O) groups excluding carboxylic acids is 1. The van der Waals surface area contributed by atoms with E-state index < -0.39 is 23.2 Å². The van der Waals surface area contributed by atoms with Gasteiger partial charge in [0, 0.05) is 5.92 Å². The van der Waals surface area contributed by atoms with Crippen molar-refractivity contribution < 1.29 is 22.4 Å². The number of anilines is 2. The standard InChI is InChI=1S/C15H16F4N2O/c16-10-3-4-11(13(20)12(10)15(17,18)19)21-14(22)9-6-7-1-2-8(9)5-7/h3-4,7-9H,1-2,5-6,20H2,(H,21,22). The van der Waals surface area contributed by atoms with Gasteiger partial charge in [0.2, 0.25) is 5.91 Å². The Labute approximate surface area is 124 Å². The second kappa shape index (κ2) is 5.14. The number of carbonyl (C=O) groups is 1. The average Bonchev–Trinajstić information content (AvgIpc) is 3.03. The third-order valence-corrected chi connectivity index (χ3v) is 4.81. The number of hydrogen-bond acceptors (Lipinski definition) is 2. The Balaban J connectivity index is 1.82. The van der Waals surface area contributed by atoms with Crippen LogP contribution in [0.3, 0.4) is 0 Å². The maximum Gasteiger partial charge on any atom is 0.421 e. The molecule has 2 fully saturated rings. The maximum absolute atomic E-state index is 13.4. The van der Waals surface area contributed by atoms with E-state index in [1.807, 2.05) is 0 Å². The first-order chi connectivity index (χ1) is 10.3. The van der Waals surface area contributed by atoms with Crippen LogP contribution in [0.2, 0.25) is 0 Å². The predicted molar refractivity (Wildman–Crippen MR) is 73.4 cm³/mol. The van der Waals surface area contributed by atoms with Crippen molar-refractivity contribution in [1.29, 1.82) is 0 Å². The fourth-order valence-corrected chi connectivity index (χ4v) is 3.78. The Kier molecular flexibility index (Phi) is 3.53. The first-order valence-corrected chi connectivity index (χ1v) is 7.23. The number of rotatable bonds is 2. The van der Waals surface area contributed by atoms with Crippen LogP contribution in [0.25, 0.3) is 0 Å². The van der Waals surface area contributed by atoms with Crippen molar-refractivity contribution in [2.45, 2.75) is 31.9 Å². The lowest BCUT2D eigenvalue weighted by Crippen LogP contribution is -2.28. The molecule has 1 aromatic rings. The molecule has 2 aliphatic carbocycles. The highest BCUT2D eigenvalue weighted by Gasteiger charge is 2.43. The number of nitrogen functional groups attached to an aromatic ring is 1. The summed E-state index contributed by atoms with van der Waals surface area (Å²) >= 11 is 0. The lowest BCUT2D eigenvalue weighted by Gasteiger charge is -2.22. The number of halogens is 4. The molecular weight excluding hydrogens is 300 g/mol. The van der Waals surface area contributed by atoms with Gasteiger partial charge in [0.15, 0.2) is 0 Å². The van der Waals surface area contributed by atoms with Crippen LogP contribution in [0.5, 0.6) is 0 Å². The minimum atomic E-state index is -4.90. The second-order valence-electron chi connectivity index (χ2n) is 6.15. The summed E-state index contributed by atoms with van der Waals surface area (Å²) in [6.07, 6.45) is -1.03. The SMILES string of the molecule is Nc1c(NC(=O)C2CC3CCC2C3)ccc(F)c1C(F)(F)F. The zero-order valence-corrected chi connectivity index (χ0v) is 11.7. The summed E-state index contributed by atoms with van der Waals surface area (Å²) in [5, 5.41) is 2.45. The number of nitrogens with one attached hydrogen (secondary N) is 1. The minimum absolute atomic E-state index is 0.179. The minimum Gasteiger partial charge on any atom is -0.396 e. The van der Waals surface area contributed by atoms with E-state index in [2.05, 4.69) is 5.32 Å². The third kappa shape index (κ3) is 2.53. The topological polar surface area (TPSA) is 55.1 Å². The number of amides is 1. The highest BCUT2D eigenvalue weighted by atomic mass is 19.4. The van der Waals surface area contributed by atoms with Gasteiger partial charge in [-0.15, -0.1) is 0 Å². The molecule has 0 radical (unpaired) electrons. The molecular formula is C15H16F4N2O. The van der Waals surface area contributed by atoms with Crippen LogP contribution in [0.1, 0.15) is 31.2 Å². The molecule has 1 amide bonds. The van der Waals surface area contributed by atoms with Gasteiger partial charge in [-0.1, -0.05) is 6.42 Å². The molecule has 7 heteroatoms. The van der Waals surface area contributed by atoms with E-state index in [1.165, 1.54) is 0 Å². The molecule has 0 aromatic heterocycles. The third-order valence-electron chi connectivity index (χ3n) is 4.81. The normalized spacial score (nSPS) is 27.2. The second-order valence-corrected chi connectivity index (χ2v) is 6.15. The van der Waals surface area contributed by atoms with Gasteiger partial charge in [-0.25, -0.2) is 4.39 Å². The number of benzene rings is 1. The highest BCUT2D eigenvalue weighted by molar-refractivity contribution is 5.96. The first-order valence-electron chi connectivity index (χ1n) is 7.23. The molecule has 0 spiro atoms. The number of hydrogen-bond donors (Lipinski definition) is 2. The van der Waals surface area contributed by atoms with Crippen molar-refractivity contribution in [3.05, 3.63) is 23.5 Å². The number of alkyl halides is 3. The van der Waals surface area contributed by atoms with Gasteiger partial charge in [0.05, 0.1) is 11.4 Å². The van der Waals surface area contributed by atoms with Gasteiger partial charge in [-0.05, 0) is 43.2 Å². The summed E-state index contributed by atoms with van der Waals surface area (Å²) in [6, 6.07) is 1.75. The molecule has 3 N–H and O–H groups in total. The fraction of sp³-hybridized carbons (Fsp3) is 0.533. The van der Waals surface area contributed by atoms with Crippen molar-refractivity contribution in [3.63, 3.8) is 0 Å². The maximum atomic E-state index is 13.4. The quantitative estimate of drug-likeness (QED) is 0.644. The molecule has 1 aromatic carbocycles. The molecule has 22 heavy (non-hydrogen) atoms. The van der Waals surface area contributed by atoms with E-state index in [0.717, 1.165) is 31.7 Å². The van der Waals surface area contributed by atoms with Gasteiger partial charge >= 0.3 is 6.18 Å². The monoisotopic (exact) mass is 316 g/mol. The zero-order chi connectivity index (χ0) is 16.1. The van der Waals surface area contributed by atoms with Gasteiger partial charge < -0.3 is 11.1 Å². The van der Waals surface area contributed by atoms with E-state index in [4.69, 9.17) is 5.73 Å². The van der Waals surface area contributed by atoms with E-state index in [9.17, 15) is 22.4 Å². The highest BCUT2D eigenvalue weighted by Crippen LogP contribution is 2.49. The number of fused-ring (bicyclic) bond motifs is 2. The number of nitrogens with two attached hydrogens (primary N) is 1. The molecule has 0 heterocycles. The molecule has 3 atom stereocenters. The van der Waals surface area contributed by atoms with Crippen molar-refractivity contribution >= 4 is 17.3 Å². The predicted octanol–water partition coefficient (Wildman–Crippen LogP) is 3.80. The average molecular weight is 316 g/mol. The van der Waals surface area contributed by atoms with Crippen molar-refractivity contribution in [1.82, 2.24) is 0 Å². The summed E-state index contributed by atoms with van der Waals surface area (Å²) in [7, 11) is 0. The summed E-state index contributed by atoms with van der Waals surface area (Å²) in [5.41, 5.74) is 2.94. The van der Waals surface area contributed by atoms with Crippen LogP contribution in [-0.4, -0.2) is 5.91 Å². The van der Waals surface area contributed by atoms with Crippen LogP contribution in [0.15, 0.2) is 12.1 Å². The van der Waals surface area contributed by atoms with E-state index in [0.29, 0.717) is 17.9 Å². The lowest BCUT2D eigenvalue weighted by atomic mass is 9.88. The smallest absolute Gasteiger partial charge is 0.396 e. The molecule has 3 nitrogen and oxygen atoms in total. The van der Waals surface area contributed by atoms with Crippen molar-refractivity contribution in [2.24, 2.45) is 17.8 Å². The fourth-order valence-electron chi connectivity index (χ4n) is 3.78. The van der Waals surface area contributed by atoms with Crippen LogP contribution in [0, 0.1) is 23.6 Å². The molecule has 2 aliphatic rings. The molecule has 0 saturated heterocycles. The molecule has 0 aliphatic heterocycles. The van der Waals surface area contributed by atoms with E-state index in [-0.39, 0.29) is 17.5 Å².